The summed E-state index contributed by atoms with van der Waals surface area (Å²) in [5, 5.41) is 0. The van der Waals surface area contributed by atoms with E-state index in [1.165, 1.54) is 0 Å². The topological polar surface area (TPSA) is 3.24 Å². The van der Waals surface area contributed by atoms with Crippen LogP contribution in [-0.4, -0.2) is 19.0 Å². The summed E-state index contributed by atoms with van der Waals surface area (Å²) in [6.45, 7) is 3.54. The van der Waals surface area contributed by atoms with Crippen LogP contribution < -0.4 is 0 Å². The van der Waals surface area contributed by atoms with Crippen LogP contribution in [-0.2, 0) is 0 Å². The molecule has 0 aromatic rings. The van der Waals surface area contributed by atoms with Crippen LogP contribution in [0.5, 0.6) is 0 Å². The molecule has 1 nitrogen and oxygen atoms in total. The van der Waals surface area contributed by atoms with Crippen molar-refractivity contribution in [1.82, 2.24) is 4.90 Å². The Labute approximate surface area is 57.0 Å². The van der Waals surface area contributed by atoms with Crippen LogP contribution >= 0.6 is 0 Å². The third-order valence-electron chi connectivity index (χ3n) is 0.743. The fourth-order valence-corrected chi connectivity index (χ4v) is 0.365. The van der Waals surface area contributed by atoms with Gasteiger partial charge in [0, 0.05) is 14.1 Å². The molecule has 0 spiro atoms. The first kappa shape index (κ1) is 8.02. The predicted molar refractivity (Wildman–Crippen MR) is 42.2 cm³/mol. The van der Waals surface area contributed by atoms with E-state index in [2.05, 4.69) is 6.58 Å². The van der Waals surface area contributed by atoms with E-state index in [1.807, 2.05) is 43.4 Å². The molecule has 0 rings (SSSR count). The lowest BCUT2D eigenvalue weighted by molar-refractivity contribution is 0.564. The van der Waals surface area contributed by atoms with Crippen LogP contribution in [0.15, 0.2) is 37.1 Å². The molecular formula is C8H13N. The SMILES string of the molecule is C=C/C=C/C=C/N(C)C. The molecule has 0 bridgehead atoms. The van der Waals surface area contributed by atoms with Crippen LogP contribution in [0.4, 0.5) is 0 Å². The van der Waals surface area contributed by atoms with Gasteiger partial charge in [-0.25, -0.2) is 0 Å². The zero-order valence-electron chi connectivity index (χ0n) is 6.04. The summed E-state index contributed by atoms with van der Waals surface area (Å²) in [4.78, 5) is 1.98. The van der Waals surface area contributed by atoms with E-state index < -0.39 is 0 Å². The molecule has 0 aromatic heterocycles. The maximum absolute atomic E-state index is 3.54. The lowest BCUT2D eigenvalue weighted by Crippen LogP contribution is -1.99. The van der Waals surface area contributed by atoms with Gasteiger partial charge in [-0.15, -0.1) is 0 Å². The van der Waals surface area contributed by atoms with Gasteiger partial charge in [0.1, 0.15) is 0 Å². The van der Waals surface area contributed by atoms with Crippen molar-refractivity contribution in [2.75, 3.05) is 14.1 Å². The standard InChI is InChI=1S/C8H13N/c1-4-5-6-7-8-9(2)3/h4-8H,1H2,2-3H3/b6-5+,8-7+. The molecule has 0 atom stereocenters. The molecule has 0 unspecified atom stereocenters. The van der Waals surface area contributed by atoms with Gasteiger partial charge in [0.15, 0.2) is 0 Å². The highest BCUT2D eigenvalue weighted by Gasteiger charge is 1.68. The lowest BCUT2D eigenvalue weighted by Gasteiger charge is -2.00. The lowest BCUT2D eigenvalue weighted by atomic mass is 10.5. The van der Waals surface area contributed by atoms with Gasteiger partial charge in [-0.05, 0) is 12.3 Å². The molecule has 0 N–H and O–H groups in total. The van der Waals surface area contributed by atoms with Crippen molar-refractivity contribution in [2.24, 2.45) is 0 Å². The highest BCUT2D eigenvalue weighted by atomic mass is 15.0. The molecule has 0 heterocycles. The third-order valence-corrected chi connectivity index (χ3v) is 0.743. The third kappa shape index (κ3) is 7.02. The summed E-state index contributed by atoms with van der Waals surface area (Å²) < 4.78 is 0. The molecule has 0 aliphatic carbocycles. The van der Waals surface area contributed by atoms with E-state index in [1.54, 1.807) is 6.08 Å². The quantitative estimate of drug-likeness (QED) is 0.517. The first-order chi connectivity index (χ1) is 4.27. The molecule has 0 fully saturated rings. The van der Waals surface area contributed by atoms with Gasteiger partial charge in [0.25, 0.3) is 0 Å². The minimum atomic E-state index is 1.75. The number of nitrogens with zero attached hydrogens (tertiary/aromatic N) is 1. The van der Waals surface area contributed by atoms with Crippen molar-refractivity contribution in [1.29, 1.82) is 0 Å². The minimum absolute atomic E-state index is 1.75. The van der Waals surface area contributed by atoms with Crippen molar-refractivity contribution in [3.63, 3.8) is 0 Å². The summed E-state index contributed by atoms with van der Waals surface area (Å²) >= 11 is 0. The van der Waals surface area contributed by atoms with Crippen molar-refractivity contribution in [2.45, 2.75) is 0 Å². The average Bonchev–Trinajstić information content (AvgIpc) is 1.80. The Morgan fingerprint density at radius 3 is 2.22 bits per heavy atom. The molecule has 0 aromatic carbocycles. The van der Waals surface area contributed by atoms with Gasteiger partial charge in [-0.1, -0.05) is 24.8 Å². The van der Waals surface area contributed by atoms with Gasteiger partial charge in [0.05, 0.1) is 0 Å². The van der Waals surface area contributed by atoms with Crippen LogP contribution in [0, 0.1) is 0 Å². The van der Waals surface area contributed by atoms with Gasteiger partial charge < -0.3 is 4.90 Å². The summed E-state index contributed by atoms with van der Waals surface area (Å²) in [6, 6.07) is 0. The molecule has 0 aliphatic heterocycles. The van der Waals surface area contributed by atoms with Gasteiger partial charge in [-0.2, -0.15) is 0 Å². The summed E-state index contributed by atoms with van der Waals surface area (Å²) in [5.74, 6) is 0. The first-order valence-corrected chi connectivity index (χ1v) is 2.89. The van der Waals surface area contributed by atoms with Crippen molar-refractivity contribution in [3.8, 4) is 0 Å². The second kappa shape index (κ2) is 5.16. The minimum Gasteiger partial charge on any atom is -0.383 e. The second-order valence-corrected chi connectivity index (χ2v) is 1.93. The Balaban J connectivity index is 3.46. The Kier molecular flexibility index (Phi) is 4.60. The molecule has 0 amide bonds. The zero-order valence-corrected chi connectivity index (χ0v) is 6.04. The van der Waals surface area contributed by atoms with E-state index >= 15 is 0 Å². The second-order valence-electron chi connectivity index (χ2n) is 1.93. The van der Waals surface area contributed by atoms with E-state index in [4.69, 9.17) is 0 Å². The van der Waals surface area contributed by atoms with Gasteiger partial charge >= 0.3 is 0 Å². The summed E-state index contributed by atoms with van der Waals surface area (Å²) in [7, 11) is 3.97. The Morgan fingerprint density at radius 1 is 1.11 bits per heavy atom. The number of hydrogen-bond donors (Lipinski definition) is 0. The summed E-state index contributed by atoms with van der Waals surface area (Å²) in [6.07, 6.45) is 9.51. The van der Waals surface area contributed by atoms with Crippen molar-refractivity contribution >= 4 is 0 Å². The number of rotatable bonds is 3. The van der Waals surface area contributed by atoms with Crippen LogP contribution in [0.25, 0.3) is 0 Å². The fraction of sp³-hybridized carbons (Fsp3) is 0.250. The molecular weight excluding hydrogens is 110 g/mol. The van der Waals surface area contributed by atoms with E-state index in [0.29, 0.717) is 0 Å². The van der Waals surface area contributed by atoms with E-state index in [9.17, 15) is 0 Å². The van der Waals surface area contributed by atoms with Gasteiger partial charge in [-0.3, -0.25) is 0 Å². The largest absolute Gasteiger partial charge is 0.383 e. The maximum atomic E-state index is 3.54. The Bertz CT molecular complexity index is 121. The zero-order chi connectivity index (χ0) is 7.11. The molecule has 50 valence electrons. The maximum Gasteiger partial charge on any atom is 0.00556 e. The highest BCUT2D eigenvalue weighted by molar-refractivity contribution is 5.08. The Hall–Kier alpha value is -0.980. The van der Waals surface area contributed by atoms with E-state index in [0.717, 1.165) is 0 Å². The average molecular weight is 123 g/mol. The van der Waals surface area contributed by atoms with Gasteiger partial charge in [0.2, 0.25) is 0 Å². The fourth-order valence-electron chi connectivity index (χ4n) is 0.365. The molecule has 9 heavy (non-hydrogen) atoms. The smallest absolute Gasteiger partial charge is 0.00556 e. The van der Waals surface area contributed by atoms with E-state index in [-0.39, 0.29) is 0 Å². The van der Waals surface area contributed by atoms with Crippen LogP contribution in [0.2, 0.25) is 0 Å². The molecule has 0 saturated carbocycles. The molecule has 0 radical (unpaired) electrons. The molecule has 0 saturated heterocycles. The predicted octanol–water partition coefficient (Wildman–Crippen LogP) is 1.80. The number of allylic oxidation sites excluding steroid dienone is 4. The first-order valence-electron chi connectivity index (χ1n) is 2.89. The van der Waals surface area contributed by atoms with Crippen molar-refractivity contribution < 1.29 is 0 Å². The summed E-state index contributed by atoms with van der Waals surface area (Å²) in [5.41, 5.74) is 0. The van der Waals surface area contributed by atoms with Crippen LogP contribution in [0.1, 0.15) is 0 Å². The highest BCUT2D eigenvalue weighted by Crippen LogP contribution is 1.79. The number of hydrogen-bond acceptors (Lipinski definition) is 1. The van der Waals surface area contributed by atoms with Crippen molar-refractivity contribution in [3.05, 3.63) is 37.1 Å². The normalized spacial score (nSPS) is 10.9. The monoisotopic (exact) mass is 123 g/mol. The molecule has 1 heteroatoms. The molecule has 0 aliphatic rings. The van der Waals surface area contributed by atoms with Crippen LogP contribution in [0.3, 0.4) is 0 Å². The Morgan fingerprint density at radius 2 is 1.78 bits per heavy atom.